The molecule has 5 nitrogen and oxygen atoms in total. The summed E-state index contributed by atoms with van der Waals surface area (Å²) in [6.45, 7) is 0.601. The number of hydrogen-bond donors (Lipinski definition) is 2. The summed E-state index contributed by atoms with van der Waals surface area (Å²) >= 11 is 5.63. The van der Waals surface area contributed by atoms with Crippen LogP contribution in [0.5, 0.6) is 5.75 Å². The lowest BCUT2D eigenvalue weighted by Crippen LogP contribution is -2.25. The highest BCUT2D eigenvalue weighted by molar-refractivity contribution is 6.30. The molecule has 0 aliphatic heterocycles. The van der Waals surface area contributed by atoms with E-state index in [2.05, 4.69) is 5.48 Å². The number of hydroxylamine groups is 1. The van der Waals surface area contributed by atoms with Crippen molar-refractivity contribution in [2.45, 2.75) is 0 Å². The maximum absolute atomic E-state index is 11.5. The second-order valence-corrected chi connectivity index (χ2v) is 3.37. The Morgan fingerprint density at radius 3 is 2.88 bits per heavy atom. The summed E-state index contributed by atoms with van der Waals surface area (Å²) in [7, 11) is 1.52. The largest absolute Gasteiger partial charge is 0.507 e. The predicted molar refractivity (Wildman–Crippen MR) is 58.4 cm³/mol. The number of ether oxygens (including phenoxy) is 1. The quantitative estimate of drug-likeness (QED) is 0.607. The van der Waals surface area contributed by atoms with Crippen molar-refractivity contribution in [2.24, 2.45) is 0 Å². The molecule has 1 aromatic rings. The molecule has 0 heterocycles. The van der Waals surface area contributed by atoms with Gasteiger partial charge in [-0.3, -0.25) is 9.63 Å². The summed E-state index contributed by atoms with van der Waals surface area (Å²) in [5, 5.41) is 9.79. The summed E-state index contributed by atoms with van der Waals surface area (Å²) in [5.41, 5.74) is 2.27. The van der Waals surface area contributed by atoms with Gasteiger partial charge in [-0.1, -0.05) is 11.6 Å². The van der Waals surface area contributed by atoms with Gasteiger partial charge in [0.25, 0.3) is 5.91 Å². The Labute approximate surface area is 97.9 Å². The second-order valence-electron chi connectivity index (χ2n) is 2.93. The van der Waals surface area contributed by atoms with E-state index in [4.69, 9.17) is 21.2 Å². The second kappa shape index (κ2) is 6.32. The zero-order chi connectivity index (χ0) is 12.0. The molecule has 0 aromatic heterocycles. The van der Waals surface area contributed by atoms with Gasteiger partial charge in [0.1, 0.15) is 5.75 Å². The monoisotopic (exact) mass is 245 g/mol. The van der Waals surface area contributed by atoms with Gasteiger partial charge in [0.05, 0.1) is 18.8 Å². The fraction of sp³-hybridized carbons (Fsp3) is 0.300. The first-order valence-electron chi connectivity index (χ1n) is 4.54. The highest BCUT2D eigenvalue weighted by atomic mass is 35.5. The summed E-state index contributed by atoms with van der Waals surface area (Å²) in [6.07, 6.45) is 0. The lowest BCUT2D eigenvalue weighted by atomic mass is 10.2. The fourth-order valence-corrected chi connectivity index (χ4v) is 1.16. The van der Waals surface area contributed by atoms with Crippen LogP contribution in [0.2, 0.25) is 5.02 Å². The van der Waals surface area contributed by atoms with Gasteiger partial charge in [0.15, 0.2) is 0 Å². The van der Waals surface area contributed by atoms with Crippen LogP contribution in [0.25, 0.3) is 0 Å². The molecule has 0 spiro atoms. The van der Waals surface area contributed by atoms with Crippen molar-refractivity contribution in [3.05, 3.63) is 28.8 Å². The van der Waals surface area contributed by atoms with Gasteiger partial charge in [-0.05, 0) is 18.2 Å². The highest BCUT2D eigenvalue weighted by Gasteiger charge is 2.10. The van der Waals surface area contributed by atoms with E-state index in [0.29, 0.717) is 11.6 Å². The summed E-state index contributed by atoms with van der Waals surface area (Å²) in [4.78, 5) is 16.3. The van der Waals surface area contributed by atoms with Crippen molar-refractivity contribution >= 4 is 17.5 Å². The molecule has 0 atom stereocenters. The number of aromatic hydroxyl groups is 1. The maximum atomic E-state index is 11.5. The van der Waals surface area contributed by atoms with E-state index in [1.165, 1.54) is 25.3 Å². The van der Waals surface area contributed by atoms with E-state index >= 15 is 0 Å². The van der Waals surface area contributed by atoms with Gasteiger partial charge in [-0.25, -0.2) is 5.48 Å². The Morgan fingerprint density at radius 2 is 2.25 bits per heavy atom. The standard InChI is InChI=1S/C10H12ClNO4/c1-15-4-5-16-12-10(14)8-3-2-7(11)6-9(8)13/h2-3,6,13H,4-5H2,1H3,(H,12,14). The molecular formula is C10H12ClNO4. The van der Waals surface area contributed by atoms with Gasteiger partial charge >= 0.3 is 0 Å². The summed E-state index contributed by atoms with van der Waals surface area (Å²) in [6, 6.07) is 4.20. The number of methoxy groups -OCH3 is 1. The van der Waals surface area contributed by atoms with Crippen molar-refractivity contribution in [3.63, 3.8) is 0 Å². The fourth-order valence-electron chi connectivity index (χ4n) is 0.993. The molecule has 0 unspecified atom stereocenters. The minimum Gasteiger partial charge on any atom is -0.507 e. The molecule has 0 fully saturated rings. The molecule has 2 N–H and O–H groups in total. The molecule has 1 rings (SSSR count). The Bertz CT molecular complexity index is 370. The smallest absolute Gasteiger partial charge is 0.278 e. The number of phenols is 1. The van der Waals surface area contributed by atoms with Gasteiger partial charge in [-0.2, -0.15) is 0 Å². The Balaban J connectivity index is 2.53. The van der Waals surface area contributed by atoms with Crippen LogP contribution in [-0.4, -0.2) is 31.3 Å². The third kappa shape index (κ3) is 3.69. The first kappa shape index (κ1) is 12.8. The molecule has 0 saturated carbocycles. The van der Waals surface area contributed by atoms with Crippen molar-refractivity contribution in [1.82, 2.24) is 5.48 Å². The summed E-state index contributed by atoms with van der Waals surface area (Å²) in [5.74, 6) is -0.731. The topological polar surface area (TPSA) is 67.8 Å². The molecule has 1 amide bonds. The number of amides is 1. The van der Waals surface area contributed by atoms with Crippen molar-refractivity contribution in [2.75, 3.05) is 20.3 Å². The lowest BCUT2D eigenvalue weighted by Gasteiger charge is -2.06. The number of rotatable bonds is 5. The van der Waals surface area contributed by atoms with Crippen LogP contribution < -0.4 is 5.48 Å². The third-order valence-corrected chi connectivity index (χ3v) is 1.99. The van der Waals surface area contributed by atoms with Crippen LogP contribution in [0.3, 0.4) is 0 Å². The number of phenolic OH excluding ortho intramolecular Hbond substituents is 1. The molecule has 0 radical (unpaired) electrons. The Hall–Kier alpha value is -1.30. The van der Waals surface area contributed by atoms with Crippen molar-refractivity contribution in [3.8, 4) is 5.75 Å². The van der Waals surface area contributed by atoms with Gasteiger partial charge in [0.2, 0.25) is 0 Å². The molecular weight excluding hydrogens is 234 g/mol. The molecule has 0 saturated heterocycles. The van der Waals surface area contributed by atoms with Crippen LogP contribution >= 0.6 is 11.6 Å². The number of halogens is 1. The predicted octanol–water partition coefficient (Wildman–Crippen LogP) is 1.35. The average Bonchev–Trinajstić information content (AvgIpc) is 2.24. The van der Waals surface area contributed by atoms with Crippen LogP contribution in [-0.2, 0) is 9.57 Å². The minimum absolute atomic E-state index is 0.0989. The molecule has 16 heavy (non-hydrogen) atoms. The van der Waals surface area contributed by atoms with Gasteiger partial charge in [0, 0.05) is 12.1 Å². The zero-order valence-electron chi connectivity index (χ0n) is 8.70. The van der Waals surface area contributed by atoms with E-state index < -0.39 is 5.91 Å². The van der Waals surface area contributed by atoms with Crippen LogP contribution in [0.15, 0.2) is 18.2 Å². The zero-order valence-corrected chi connectivity index (χ0v) is 9.45. The van der Waals surface area contributed by atoms with Crippen molar-refractivity contribution in [1.29, 1.82) is 0 Å². The molecule has 1 aromatic carbocycles. The number of benzene rings is 1. The lowest BCUT2D eigenvalue weighted by molar-refractivity contribution is 0.00875. The molecule has 88 valence electrons. The first-order valence-corrected chi connectivity index (χ1v) is 4.92. The minimum atomic E-state index is -0.537. The van der Waals surface area contributed by atoms with E-state index in [1.54, 1.807) is 0 Å². The first-order chi connectivity index (χ1) is 7.65. The Kier molecular flexibility index (Phi) is 5.04. The number of carbonyl (C=O) groups excluding carboxylic acids is 1. The van der Waals surface area contributed by atoms with Gasteiger partial charge < -0.3 is 9.84 Å². The molecule has 0 aliphatic carbocycles. The normalized spacial score (nSPS) is 10.1. The van der Waals surface area contributed by atoms with Crippen LogP contribution in [0.1, 0.15) is 10.4 Å². The summed E-state index contributed by atoms with van der Waals surface area (Å²) < 4.78 is 4.73. The van der Waals surface area contributed by atoms with E-state index in [-0.39, 0.29) is 17.9 Å². The molecule has 0 bridgehead atoms. The highest BCUT2D eigenvalue weighted by Crippen LogP contribution is 2.21. The van der Waals surface area contributed by atoms with Crippen molar-refractivity contribution < 1.29 is 19.5 Å². The van der Waals surface area contributed by atoms with Gasteiger partial charge in [-0.15, -0.1) is 0 Å². The third-order valence-electron chi connectivity index (χ3n) is 1.76. The maximum Gasteiger partial charge on any atom is 0.278 e. The van der Waals surface area contributed by atoms with Crippen LogP contribution in [0, 0.1) is 0 Å². The van der Waals surface area contributed by atoms with E-state index in [1.807, 2.05) is 0 Å². The number of hydrogen-bond acceptors (Lipinski definition) is 4. The SMILES string of the molecule is COCCONC(=O)c1ccc(Cl)cc1O. The molecule has 0 aliphatic rings. The number of nitrogens with one attached hydrogen (secondary N) is 1. The van der Waals surface area contributed by atoms with E-state index in [0.717, 1.165) is 0 Å². The Morgan fingerprint density at radius 1 is 1.50 bits per heavy atom. The van der Waals surface area contributed by atoms with E-state index in [9.17, 15) is 9.90 Å². The number of carbonyl (C=O) groups is 1. The van der Waals surface area contributed by atoms with Crippen LogP contribution in [0.4, 0.5) is 0 Å². The molecule has 6 heteroatoms. The average molecular weight is 246 g/mol.